The molecule has 8 nitrogen and oxygen atoms in total. The topological polar surface area (TPSA) is 108 Å². The van der Waals surface area contributed by atoms with Crippen molar-refractivity contribution in [3.8, 4) is 0 Å². The average Bonchev–Trinajstić information content (AvgIpc) is 2.36. The van der Waals surface area contributed by atoms with Gasteiger partial charge in [-0.3, -0.25) is 4.79 Å². The van der Waals surface area contributed by atoms with Gasteiger partial charge < -0.3 is 25.4 Å². The van der Waals surface area contributed by atoms with Gasteiger partial charge in [-0.2, -0.15) is 0 Å². The van der Waals surface area contributed by atoms with E-state index in [1.165, 1.54) is 26.1 Å². The van der Waals surface area contributed by atoms with Gasteiger partial charge in [0.25, 0.3) is 0 Å². The molecule has 0 aromatic rings. The van der Waals surface area contributed by atoms with Crippen LogP contribution in [0.1, 0.15) is 6.92 Å². The number of nitrogens with zero attached hydrogens (tertiary/aromatic N) is 1. The molecule has 2 unspecified atom stereocenters. The zero-order valence-corrected chi connectivity index (χ0v) is 11.6. The van der Waals surface area contributed by atoms with Crippen LogP contribution in [0.2, 0.25) is 0 Å². The van der Waals surface area contributed by atoms with Crippen LogP contribution in [0.15, 0.2) is 0 Å². The second kappa shape index (κ2) is 8.30. The summed E-state index contributed by atoms with van der Waals surface area (Å²) in [6.07, 6.45) is 0. The fourth-order valence-corrected chi connectivity index (χ4v) is 1.42. The van der Waals surface area contributed by atoms with E-state index in [1.807, 2.05) is 0 Å². The maximum atomic E-state index is 11.7. The predicted octanol–water partition coefficient (Wildman–Crippen LogP) is -0.890. The van der Waals surface area contributed by atoms with Gasteiger partial charge in [-0.25, -0.2) is 9.59 Å². The van der Waals surface area contributed by atoms with E-state index < -0.39 is 18.0 Å². The summed E-state index contributed by atoms with van der Waals surface area (Å²) in [6.45, 7) is 1.73. The lowest BCUT2D eigenvalue weighted by Crippen LogP contribution is -2.50. The minimum Gasteiger partial charge on any atom is -0.480 e. The highest BCUT2D eigenvalue weighted by Gasteiger charge is 2.23. The molecule has 0 saturated heterocycles. The number of urea groups is 1. The third-order valence-electron chi connectivity index (χ3n) is 2.52. The second-order valence-corrected chi connectivity index (χ2v) is 4.19. The van der Waals surface area contributed by atoms with Crippen molar-refractivity contribution in [1.29, 1.82) is 0 Å². The highest BCUT2D eigenvalue weighted by molar-refractivity contribution is 5.83. The molecule has 8 heteroatoms. The molecular weight excluding hydrogens is 254 g/mol. The lowest BCUT2D eigenvalue weighted by Gasteiger charge is -2.23. The second-order valence-electron chi connectivity index (χ2n) is 4.19. The fourth-order valence-electron chi connectivity index (χ4n) is 1.42. The molecule has 2 atom stereocenters. The molecule has 19 heavy (non-hydrogen) atoms. The lowest BCUT2D eigenvalue weighted by atomic mass is 10.1. The quantitative estimate of drug-likeness (QED) is 0.558. The van der Waals surface area contributed by atoms with Gasteiger partial charge in [0.05, 0.1) is 12.5 Å². The Labute approximate surface area is 112 Å². The van der Waals surface area contributed by atoms with E-state index in [0.29, 0.717) is 0 Å². The Kier molecular flexibility index (Phi) is 7.50. The molecule has 3 N–H and O–H groups in total. The van der Waals surface area contributed by atoms with Crippen molar-refractivity contribution in [2.24, 2.45) is 5.92 Å². The molecule has 3 amide bonds. The van der Waals surface area contributed by atoms with Gasteiger partial charge in [0.1, 0.15) is 0 Å². The summed E-state index contributed by atoms with van der Waals surface area (Å²) >= 11 is 0. The highest BCUT2D eigenvalue weighted by Crippen LogP contribution is 1.99. The summed E-state index contributed by atoms with van der Waals surface area (Å²) in [7, 11) is 4.35. The van der Waals surface area contributed by atoms with Crippen molar-refractivity contribution >= 4 is 17.9 Å². The molecule has 0 rings (SSSR count). The van der Waals surface area contributed by atoms with Gasteiger partial charge >= 0.3 is 12.0 Å². The van der Waals surface area contributed by atoms with Crippen molar-refractivity contribution in [3.63, 3.8) is 0 Å². The summed E-state index contributed by atoms with van der Waals surface area (Å²) in [4.78, 5) is 35.2. The molecule has 110 valence electrons. The zero-order chi connectivity index (χ0) is 15.0. The summed E-state index contributed by atoms with van der Waals surface area (Å²) in [5.41, 5.74) is 0. The Morgan fingerprint density at radius 3 is 2.37 bits per heavy atom. The van der Waals surface area contributed by atoms with Crippen LogP contribution in [-0.2, 0) is 14.3 Å². The third-order valence-corrected chi connectivity index (χ3v) is 2.52. The van der Waals surface area contributed by atoms with E-state index in [4.69, 9.17) is 9.84 Å². The highest BCUT2D eigenvalue weighted by atomic mass is 16.5. The number of nitrogens with one attached hydrogen (secondary N) is 2. The number of hydrogen-bond donors (Lipinski definition) is 3. The standard InChI is InChI=1S/C11H21N3O5/c1-7(9(15)12-2)5-14(3)11(18)13-8(6-19-4)10(16)17/h7-8H,5-6H2,1-4H3,(H,12,15)(H,13,18)(H,16,17). The number of carbonyl (C=O) groups is 3. The number of hydrogen-bond acceptors (Lipinski definition) is 4. The SMILES string of the molecule is CNC(=O)C(C)CN(C)C(=O)NC(COC)C(=O)O. The number of aliphatic carboxylic acids is 1. The Morgan fingerprint density at radius 2 is 1.95 bits per heavy atom. The van der Waals surface area contributed by atoms with Gasteiger partial charge in [-0.05, 0) is 0 Å². The minimum atomic E-state index is -1.18. The van der Waals surface area contributed by atoms with Crippen molar-refractivity contribution < 1.29 is 24.2 Å². The first-order valence-electron chi connectivity index (χ1n) is 5.78. The Hall–Kier alpha value is -1.83. The molecule has 0 aliphatic carbocycles. The first-order chi connectivity index (χ1) is 8.83. The first kappa shape index (κ1) is 17.2. The molecule has 0 aliphatic heterocycles. The number of rotatable bonds is 7. The number of carboxylic acids is 1. The van der Waals surface area contributed by atoms with Gasteiger partial charge in [-0.15, -0.1) is 0 Å². The molecule has 0 heterocycles. The number of carboxylic acid groups (broad SMARTS) is 1. The Bertz CT molecular complexity index is 334. The minimum absolute atomic E-state index is 0.125. The number of ether oxygens (including phenoxy) is 1. The molecule has 0 aromatic carbocycles. The molecule has 0 spiro atoms. The maximum Gasteiger partial charge on any atom is 0.328 e. The van der Waals surface area contributed by atoms with Crippen molar-refractivity contribution in [1.82, 2.24) is 15.5 Å². The number of methoxy groups -OCH3 is 1. The Balaban J connectivity index is 4.40. The normalized spacial score (nSPS) is 13.3. The van der Waals surface area contributed by atoms with Crippen LogP contribution in [0.5, 0.6) is 0 Å². The molecule has 0 fully saturated rings. The van der Waals surface area contributed by atoms with Crippen molar-refractivity contribution in [2.45, 2.75) is 13.0 Å². The van der Waals surface area contributed by atoms with Gasteiger partial charge in [-0.1, -0.05) is 6.92 Å². The smallest absolute Gasteiger partial charge is 0.328 e. The zero-order valence-electron chi connectivity index (χ0n) is 11.6. The molecule has 0 saturated carbocycles. The Morgan fingerprint density at radius 1 is 1.37 bits per heavy atom. The molecule has 0 radical (unpaired) electrons. The maximum absolute atomic E-state index is 11.7. The summed E-state index contributed by atoms with van der Waals surface area (Å²) in [5, 5.41) is 13.7. The largest absolute Gasteiger partial charge is 0.480 e. The van der Waals surface area contributed by atoms with Crippen LogP contribution in [-0.4, -0.2) is 68.3 Å². The van der Waals surface area contributed by atoms with Gasteiger partial charge in [0.15, 0.2) is 6.04 Å². The fraction of sp³-hybridized carbons (Fsp3) is 0.727. The van der Waals surface area contributed by atoms with Crippen molar-refractivity contribution in [2.75, 3.05) is 34.4 Å². The van der Waals surface area contributed by atoms with Gasteiger partial charge in [0.2, 0.25) is 5.91 Å². The summed E-state index contributed by atoms with van der Waals surface area (Å²) in [5.74, 6) is -1.75. The van der Waals surface area contributed by atoms with Gasteiger partial charge in [0, 0.05) is 27.7 Å². The van der Waals surface area contributed by atoms with E-state index in [0.717, 1.165) is 0 Å². The average molecular weight is 275 g/mol. The van der Waals surface area contributed by atoms with Crippen molar-refractivity contribution in [3.05, 3.63) is 0 Å². The molecule has 0 bridgehead atoms. The van der Waals surface area contributed by atoms with Crippen LogP contribution in [0.25, 0.3) is 0 Å². The van der Waals surface area contributed by atoms with Crippen LogP contribution in [0, 0.1) is 5.92 Å². The number of amides is 3. The van der Waals surface area contributed by atoms with Crippen LogP contribution < -0.4 is 10.6 Å². The molecule has 0 aliphatic rings. The van der Waals surface area contributed by atoms with E-state index in [-0.39, 0.29) is 25.0 Å². The third kappa shape index (κ3) is 6.05. The van der Waals surface area contributed by atoms with Crippen LogP contribution in [0.4, 0.5) is 4.79 Å². The van der Waals surface area contributed by atoms with E-state index >= 15 is 0 Å². The first-order valence-corrected chi connectivity index (χ1v) is 5.78. The molecule has 0 aromatic heterocycles. The number of carbonyl (C=O) groups excluding carboxylic acids is 2. The lowest BCUT2D eigenvalue weighted by molar-refractivity contribution is -0.140. The van der Waals surface area contributed by atoms with Crippen LogP contribution in [0.3, 0.4) is 0 Å². The summed E-state index contributed by atoms with van der Waals surface area (Å²) < 4.78 is 4.70. The molecular formula is C11H21N3O5. The van der Waals surface area contributed by atoms with E-state index in [1.54, 1.807) is 6.92 Å². The van der Waals surface area contributed by atoms with Crippen LogP contribution >= 0.6 is 0 Å². The van der Waals surface area contributed by atoms with E-state index in [2.05, 4.69) is 10.6 Å². The summed E-state index contributed by atoms with van der Waals surface area (Å²) in [6, 6.07) is -1.68. The van der Waals surface area contributed by atoms with E-state index in [9.17, 15) is 14.4 Å². The predicted molar refractivity (Wildman–Crippen MR) is 67.7 cm³/mol. The monoisotopic (exact) mass is 275 g/mol.